The molecule has 2 aromatic carbocycles. The molecular weight excluding hydrogens is 423 g/mol. The van der Waals surface area contributed by atoms with Gasteiger partial charge in [0.05, 0.1) is 17.7 Å². The Balaban J connectivity index is 1.87. The van der Waals surface area contributed by atoms with E-state index in [1.165, 1.54) is 12.3 Å². The molecule has 0 saturated carbocycles. The summed E-state index contributed by atoms with van der Waals surface area (Å²) in [6.07, 6.45) is 1.37. The number of hydrogen-bond acceptors (Lipinski definition) is 5. The van der Waals surface area contributed by atoms with Crippen molar-refractivity contribution in [1.29, 1.82) is 0 Å². The third kappa shape index (κ3) is 5.30. The highest BCUT2D eigenvalue weighted by atomic mass is 127. The van der Waals surface area contributed by atoms with Crippen molar-refractivity contribution in [1.82, 2.24) is 5.43 Å². The summed E-state index contributed by atoms with van der Waals surface area (Å²) in [6, 6.07) is 12.4. The molecule has 0 atom stereocenters. The normalized spacial score (nSPS) is 10.6. The summed E-state index contributed by atoms with van der Waals surface area (Å²) in [5, 5.41) is 17.7. The Morgan fingerprint density at radius 2 is 2.00 bits per heavy atom. The zero-order valence-corrected chi connectivity index (χ0v) is 15.0. The molecule has 0 aromatic heterocycles. The van der Waals surface area contributed by atoms with Crippen LogP contribution in [-0.4, -0.2) is 23.6 Å². The van der Waals surface area contributed by atoms with Gasteiger partial charge in [0.25, 0.3) is 11.6 Å². The summed E-state index contributed by atoms with van der Waals surface area (Å²) >= 11 is 2.20. The lowest BCUT2D eigenvalue weighted by Gasteiger charge is -2.05. The molecule has 0 fully saturated rings. The Morgan fingerprint density at radius 1 is 1.29 bits per heavy atom. The fourth-order valence-electron chi connectivity index (χ4n) is 1.87. The largest absolute Gasteiger partial charge is 0.376 e. The number of rotatable bonds is 6. The van der Waals surface area contributed by atoms with E-state index in [0.29, 0.717) is 11.1 Å². The maximum absolute atomic E-state index is 11.7. The topological polar surface area (TPSA) is 96.6 Å². The SMILES string of the molecule is Cc1ccc(/C=N\NC(=O)CNc2ccc(I)cc2)cc1[N+](=O)[O-]. The second kappa shape index (κ2) is 8.39. The fraction of sp³-hybridized carbons (Fsp3) is 0.125. The number of nitro groups is 1. The van der Waals surface area contributed by atoms with Gasteiger partial charge in [-0.1, -0.05) is 12.1 Å². The monoisotopic (exact) mass is 438 g/mol. The van der Waals surface area contributed by atoms with Crippen molar-refractivity contribution in [2.75, 3.05) is 11.9 Å². The predicted octanol–water partition coefficient (Wildman–Crippen LogP) is 3.07. The summed E-state index contributed by atoms with van der Waals surface area (Å²) in [5.74, 6) is -0.314. The second-order valence-corrected chi connectivity index (χ2v) is 6.20. The first-order valence-electron chi connectivity index (χ1n) is 7.02. The highest BCUT2D eigenvalue weighted by molar-refractivity contribution is 14.1. The van der Waals surface area contributed by atoms with Crippen molar-refractivity contribution in [3.8, 4) is 0 Å². The molecule has 0 aliphatic heterocycles. The van der Waals surface area contributed by atoms with Crippen LogP contribution in [0.4, 0.5) is 11.4 Å². The number of carbonyl (C=O) groups excluding carboxylic acids is 1. The molecule has 24 heavy (non-hydrogen) atoms. The zero-order valence-electron chi connectivity index (χ0n) is 12.8. The van der Waals surface area contributed by atoms with Crippen LogP contribution in [-0.2, 0) is 4.79 Å². The van der Waals surface area contributed by atoms with Gasteiger partial charge in [-0.25, -0.2) is 5.43 Å². The van der Waals surface area contributed by atoms with E-state index in [1.807, 2.05) is 24.3 Å². The van der Waals surface area contributed by atoms with Crippen LogP contribution in [0.5, 0.6) is 0 Å². The van der Waals surface area contributed by atoms with E-state index in [9.17, 15) is 14.9 Å². The minimum atomic E-state index is -0.448. The lowest BCUT2D eigenvalue weighted by atomic mass is 10.1. The maximum atomic E-state index is 11.7. The molecule has 0 aliphatic carbocycles. The summed E-state index contributed by atoms with van der Waals surface area (Å²) in [4.78, 5) is 22.1. The zero-order chi connectivity index (χ0) is 17.5. The standard InChI is InChI=1S/C16H15IN4O3/c1-11-2-3-12(8-15(11)21(23)24)9-19-20-16(22)10-18-14-6-4-13(17)5-7-14/h2-9,18H,10H2,1H3,(H,20,22)/b19-9-. The van der Waals surface area contributed by atoms with Crippen LogP contribution in [0, 0.1) is 20.6 Å². The minimum absolute atomic E-state index is 0.0191. The highest BCUT2D eigenvalue weighted by Gasteiger charge is 2.09. The number of nitro benzene ring substituents is 1. The number of nitrogens with zero attached hydrogens (tertiary/aromatic N) is 2. The van der Waals surface area contributed by atoms with E-state index < -0.39 is 4.92 Å². The third-order valence-corrected chi connectivity index (χ3v) is 3.85. The number of anilines is 1. The first kappa shape index (κ1) is 17.9. The molecule has 0 aliphatic rings. The number of aryl methyl sites for hydroxylation is 1. The van der Waals surface area contributed by atoms with Gasteiger partial charge in [-0.3, -0.25) is 14.9 Å². The van der Waals surface area contributed by atoms with E-state index in [1.54, 1.807) is 19.1 Å². The van der Waals surface area contributed by atoms with Crippen LogP contribution in [0.1, 0.15) is 11.1 Å². The number of halogens is 1. The molecule has 0 saturated heterocycles. The Hall–Kier alpha value is -2.49. The Morgan fingerprint density at radius 3 is 2.67 bits per heavy atom. The first-order valence-corrected chi connectivity index (χ1v) is 8.10. The number of hydrazone groups is 1. The van der Waals surface area contributed by atoms with Gasteiger partial charge in [0.2, 0.25) is 0 Å². The average Bonchev–Trinajstić information content (AvgIpc) is 2.55. The van der Waals surface area contributed by atoms with E-state index in [0.717, 1.165) is 9.26 Å². The Bertz CT molecular complexity index is 775. The van der Waals surface area contributed by atoms with Crippen LogP contribution in [0.2, 0.25) is 0 Å². The van der Waals surface area contributed by atoms with Crippen LogP contribution < -0.4 is 10.7 Å². The van der Waals surface area contributed by atoms with Crippen molar-refractivity contribution in [3.63, 3.8) is 0 Å². The molecule has 7 nitrogen and oxygen atoms in total. The van der Waals surface area contributed by atoms with Crippen molar-refractivity contribution in [2.24, 2.45) is 5.10 Å². The lowest BCUT2D eigenvalue weighted by Crippen LogP contribution is -2.25. The van der Waals surface area contributed by atoms with Gasteiger partial charge in [0.1, 0.15) is 0 Å². The van der Waals surface area contributed by atoms with Gasteiger partial charge in [-0.05, 0) is 53.8 Å². The first-order chi connectivity index (χ1) is 11.5. The Labute approximate surface area is 152 Å². The third-order valence-electron chi connectivity index (χ3n) is 3.13. The molecule has 2 N–H and O–H groups in total. The summed E-state index contributed by atoms with van der Waals surface area (Å²) in [7, 11) is 0. The van der Waals surface area contributed by atoms with Crippen molar-refractivity contribution < 1.29 is 9.72 Å². The minimum Gasteiger partial charge on any atom is -0.376 e. The van der Waals surface area contributed by atoms with E-state index in [4.69, 9.17) is 0 Å². The van der Waals surface area contributed by atoms with Gasteiger partial charge in [0.15, 0.2) is 0 Å². The van der Waals surface area contributed by atoms with Crippen molar-refractivity contribution >= 4 is 46.1 Å². The van der Waals surface area contributed by atoms with Crippen molar-refractivity contribution in [2.45, 2.75) is 6.92 Å². The van der Waals surface area contributed by atoms with Crippen LogP contribution >= 0.6 is 22.6 Å². The van der Waals surface area contributed by atoms with Crippen LogP contribution in [0.25, 0.3) is 0 Å². The molecule has 0 unspecified atom stereocenters. The molecule has 0 radical (unpaired) electrons. The number of benzene rings is 2. The highest BCUT2D eigenvalue weighted by Crippen LogP contribution is 2.18. The Kier molecular flexibility index (Phi) is 6.24. The molecule has 0 spiro atoms. The smallest absolute Gasteiger partial charge is 0.272 e. The molecule has 0 heterocycles. The van der Waals surface area contributed by atoms with Gasteiger partial charge in [0, 0.05) is 26.5 Å². The molecule has 0 bridgehead atoms. The van der Waals surface area contributed by atoms with Gasteiger partial charge in [-0.2, -0.15) is 5.10 Å². The summed E-state index contributed by atoms with van der Waals surface area (Å²) < 4.78 is 1.11. The summed E-state index contributed by atoms with van der Waals surface area (Å²) in [6.45, 7) is 1.74. The molecular formula is C16H15IN4O3. The predicted molar refractivity (Wildman–Crippen MR) is 101 cm³/mol. The van der Waals surface area contributed by atoms with Gasteiger partial charge < -0.3 is 5.32 Å². The van der Waals surface area contributed by atoms with Gasteiger partial charge in [-0.15, -0.1) is 0 Å². The summed E-state index contributed by atoms with van der Waals surface area (Å²) in [5.41, 5.74) is 4.34. The second-order valence-electron chi connectivity index (χ2n) is 4.96. The van der Waals surface area contributed by atoms with Gasteiger partial charge >= 0.3 is 0 Å². The number of amides is 1. The van der Waals surface area contributed by atoms with E-state index in [2.05, 4.69) is 38.4 Å². The molecule has 124 valence electrons. The number of hydrogen-bond donors (Lipinski definition) is 2. The maximum Gasteiger partial charge on any atom is 0.272 e. The van der Waals surface area contributed by atoms with Crippen molar-refractivity contribution in [3.05, 3.63) is 67.3 Å². The average molecular weight is 438 g/mol. The molecule has 2 aromatic rings. The quantitative estimate of drug-likeness (QED) is 0.314. The molecule has 8 heteroatoms. The van der Waals surface area contributed by atoms with Crippen LogP contribution in [0.15, 0.2) is 47.6 Å². The number of carbonyl (C=O) groups is 1. The van der Waals surface area contributed by atoms with Crippen LogP contribution in [0.3, 0.4) is 0 Å². The van der Waals surface area contributed by atoms with E-state index >= 15 is 0 Å². The van der Waals surface area contributed by atoms with E-state index in [-0.39, 0.29) is 18.1 Å². The molecule has 2 rings (SSSR count). The number of nitrogens with one attached hydrogen (secondary N) is 2. The molecule has 1 amide bonds. The lowest BCUT2D eigenvalue weighted by molar-refractivity contribution is -0.385. The fourth-order valence-corrected chi connectivity index (χ4v) is 2.23.